The molecule has 0 aliphatic carbocycles. The summed E-state index contributed by atoms with van der Waals surface area (Å²) >= 11 is 1.53. The van der Waals surface area contributed by atoms with E-state index in [0.29, 0.717) is 35.9 Å². The Bertz CT molecular complexity index is 830. The van der Waals surface area contributed by atoms with Gasteiger partial charge >= 0.3 is 0 Å². The standard InChI is InChI=1S/C19H22N4O2S/c1-2-4-13(20)8-9-23-15-7-6-14(11-16(15)25-12-18(23)24)22-19(21)17-5-3-10-26-17/h3,5-7,10-11,20H,2,4,8-9,12H2,1H3,(H2,21,22). The average Bonchev–Trinajstić information content (AvgIpc) is 3.16. The Hall–Kier alpha value is -2.67. The molecular formula is C19H22N4O2S. The number of anilines is 1. The third-order valence-electron chi connectivity index (χ3n) is 4.10. The van der Waals surface area contributed by atoms with Crippen molar-refractivity contribution in [2.75, 3.05) is 18.1 Å². The van der Waals surface area contributed by atoms with Crippen LogP contribution in [0.3, 0.4) is 0 Å². The number of nitrogens with zero attached hydrogens (tertiary/aromatic N) is 2. The molecule has 6 nitrogen and oxygen atoms in total. The van der Waals surface area contributed by atoms with Gasteiger partial charge in [0.05, 0.1) is 16.3 Å². The number of benzene rings is 1. The van der Waals surface area contributed by atoms with Crippen molar-refractivity contribution in [1.82, 2.24) is 0 Å². The number of ether oxygens (including phenoxy) is 1. The molecule has 1 aromatic heterocycles. The van der Waals surface area contributed by atoms with Crippen molar-refractivity contribution >= 4 is 40.2 Å². The minimum atomic E-state index is -0.0869. The second-order valence-corrected chi connectivity index (χ2v) is 7.01. The minimum absolute atomic E-state index is 0.00167. The number of rotatable bonds is 7. The number of nitrogens with one attached hydrogen (secondary N) is 1. The van der Waals surface area contributed by atoms with E-state index in [2.05, 4.69) is 4.99 Å². The Balaban J connectivity index is 1.79. The van der Waals surface area contributed by atoms with Gasteiger partial charge in [-0.3, -0.25) is 4.79 Å². The highest BCUT2D eigenvalue weighted by atomic mass is 32.1. The highest BCUT2D eigenvalue weighted by molar-refractivity contribution is 7.12. The lowest BCUT2D eigenvalue weighted by molar-refractivity contribution is -0.121. The number of nitrogens with two attached hydrogens (primary N) is 1. The maximum absolute atomic E-state index is 12.2. The van der Waals surface area contributed by atoms with Gasteiger partial charge in [-0.1, -0.05) is 19.4 Å². The van der Waals surface area contributed by atoms with Crippen LogP contribution in [0.1, 0.15) is 31.1 Å². The van der Waals surface area contributed by atoms with Crippen molar-refractivity contribution in [2.45, 2.75) is 26.2 Å². The molecule has 136 valence electrons. The maximum atomic E-state index is 12.2. The number of hydrogen-bond acceptors (Lipinski definition) is 5. The number of fused-ring (bicyclic) bond motifs is 1. The number of amidine groups is 1. The SMILES string of the molecule is CCCC(=N)CCN1C(=O)COc2cc(N=C(N)c3cccs3)ccc21. The first kappa shape index (κ1) is 18.1. The van der Waals surface area contributed by atoms with Crippen molar-refractivity contribution < 1.29 is 9.53 Å². The van der Waals surface area contributed by atoms with Crippen molar-refractivity contribution in [1.29, 1.82) is 5.41 Å². The summed E-state index contributed by atoms with van der Waals surface area (Å²) in [5, 5.41) is 9.89. The number of amides is 1. The smallest absolute Gasteiger partial charge is 0.265 e. The molecule has 0 radical (unpaired) electrons. The fraction of sp³-hybridized carbons (Fsp3) is 0.316. The van der Waals surface area contributed by atoms with E-state index in [-0.39, 0.29) is 12.5 Å². The normalized spacial score (nSPS) is 14.1. The molecule has 0 atom stereocenters. The molecule has 0 fully saturated rings. The largest absolute Gasteiger partial charge is 0.481 e. The van der Waals surface area contributed by atoms with E-state index in [9.17, 15) is 4.79 Å². The predicted molar refractivity (Wildman–Crippen MR) is 106 cm³/mol. The maximum Gasteiger partial charge on any atom is 0.265 e. The summed E-state index contributed by atoms with van der Waals surface area (Å²) in [6.45, 7) is 2.54. The van der Waals surface area contributed by atoms with Crippen LogP contribution in [0.25, 0.3) is 0 Å². The Morgan fingerprint density at radius 3 is 2.96 bits per heavy atom. The molecular weight excluding hydrogens is 348 g/mol. The summed E-state index contributed by atoms with van der Waals surface area (Å²) in [5.41, 5.74) is 8.11. The first-order valence-corrected chi connectivity index (χ1v) is 9.48. The number of carbonyl (C=O) groups is 1. The molecule has 2 aromatic rings. The number of hydrogen-bond donors (Lipinski definition) is 2. The zero-order valence-electron chi connectivity index (χ0n) is 14.7. The van der Waals surface area contributed by atoms with Crippen LogP contribution < -0.4 is 15.4 Å². The molecule has 1 aliphatic rings. The van der Waals surface area contributed by atoms with Gasteiger partial charge in [0, 0.05) is 24.7 Å². The van der Waals surface area contributed by atoms with E-state index in [0.717, 1.165) is 23.4 Å². The molecule has 0 unspecified atom stereocenters. The fourth-order valence-corrected chi connectivity index (χ4v) is 3.43. The highest BCUT2D eigenvalue weighted by Crippen LogP contribution is 2.35. The van der Waals surface area contributed by atoms with Crippen LogP contribution >= 0.6 is 11.3 Å². The van der Waals surface area contributed by atoms with Crippen molar-refractivity contribution in [3.8, 4) is 5.75 Å². The Kier molecular flexibility index (Phi) is 5.68. The third kappa shape index (κ3) is 4.11. The third-order valence-corrected chi connectivity index (χ3v) is 4.99. The number of thiophene rings is 1. The van der Waals surface area contributed by atoms with Gasteiger partial charge in [0.15, 0.2) is 6.61 Å². The van der Waals surface area contributed by atoms with Gasteiger partial charge in [-0.15, -0.1) is 11.3 Å². The van der Waals surface area contributed by atoms with Gasteiger partial charge in [-0.05, 0) is 30.0 Å². The van der Waals surface area contributed by atoms with Crippen LogP contribution in [0.5, 0.6) is 5.75 Å². The average molecular weight is 370 g/mol. The van der Waals surface area contributed by atoms with Crippen LogP contribution in [0.15, 0.2) is 40.7 Å². The van der Waals surface area contributed by atoms with Crippen LogP contribution in [0, 0.1) is 5.41 Å². The second kappa shape index (κ2) is 8.14. The molecule has 1 amide bonds. The molecule has 1 aliphatic heterocycles. The van der Waals surface area contributed by atoms with Crippen LogP contribution in [0.4, 0.5) is 11.4 Å². The summed E-state index contributed by atoms with van der Waals surface area (Å²) in [7, 11) is 0. The van der Waals surface area contributed by atoms with E-state index in [1.165, 1.54) is 11.3 Å². The van der Waals surface area contributed by atoms with Crippen LogP contribution in [-0.4, -0.2) is 30.6 Å². The molecule has 1 aromatic carbocycles. The van der Waals surface area contributed by atoms with Gasteiger partial charge in [-0.2, -0.15) is 0 Å². The molecule has 26 heavy (non-hydrogen) atoms. The van der Waals surface area contributed by atoms with Crippen LogP contribution in [0.2, 0.25) is 0 Å². The topological polar surface area (TPSA) is 91.8 Å². The predicted octanol–water partition coefficient (Wildman–Crippen LogP) is 3.72. The van der Waals surface area contributed by atoms with E-state index in [1.54, 1.807) is 11.0 Å². The molecule has 0 saturated heterocycles. The molecule has 7 heteroatoms. The molecule has 0 spiro atoms. The van der Waals surface area contributed by atoms with Gasteiger partial charge in [0.1, 0.15) is 11.6 Å². The van der Waals surface area contributed by atoms with E-state index in [1.807, 2.05) is 36.6 Å². The summed E-state index contributed by atoms with van der Waals surface area (Å²) in [6.07, 6.45) is 2.28. The van der Waals surface area contributed by atoms with E-state index >= 15 is 0 Å². The second-order valence-electron chi connectivity index (χ2n) is 6.06. The van der Waals surface area contributed by atoms with Crippen molar-refractivity contribution in [3.05, 3.63) is 40.6 Å². The minimum Gasteiger partial charge on any atom is -0.481 e. The number of carbonyl (C=O) groups excluding carboxylic acids is 1. The van der Waals surface area contributed by atoms with E-state index in [4.69, 9.17) is 15.9 Å². The molecule has 0 bridgehead atoms. The molecule has 0 saturated carbocycles. The summed E-state index contributed by atoms with van der Waals surface area (Å²) in [5.74, 6) is 0.986. The molecule has 2 heterocycles. The lowest BCUT2D eigenvalue weighted by atomic mass is 10.1. The Morgan fingerprint density at radius 1 is 1.38 bits per heavy atom. The lowest BCUT2D eigenvalue weighted by Crippen LogP contribution is -2.40. The van der Waals surface area contributed by atoms with Crippen molar-refractivity contribution in [3.63, 3.8) is 0 Å². The zero-order valence-corrected chi connectivity index (χ0v) is 15.5. The lowest BCUT2D eigenvalue weighted by Gasteiger charge is -2.29. The van der Waals surface area contributed by atoms with Gasteiger partial charge in [-0.25, -0.2) is 4.99 Å². The molecule has 3 N–H and O–H groups in total. The Labute approximate surface area is 156 Å². The zero-order chi connectivity index (χ0) is 18.5. The first-order chi connectivity index (χ1) is 12.6. The summed E-state index contributed by atoms with van der Waals surface area (Å²) in [6, 6.07) is 9.30. The summed E-state index contributed by atoms with van der Waals surface area (Å²) < 4.78 is 5.58. The van der Waals surface area contributed by atoms with Gasteiger partial charge < -0.3 is 20.8 Å². The monoisotopic (exact) mass is 370 g/mol. The van der Waals surface area contributed by atoms with Crippen molar-refractivity contribution in [2.24, 2.45) is 10.7 Å². The summed E-state index contributed by atoms with van der Waals surface area (Å²) in [4.78, 5) is 19.3. The number of aliphatic imine (C=N–C) groups is 1. The van der Waals surface area contributed by atoms with Gasteiger partial charge in [0.25, 0.3) is 5.91 Å². The van der Waals surface area contributed by atoms with E-state index < -0.39 is 0 Å². The Morgan fingerprint density at radius 2 is 2.23 bits per heavy atom. The first-order valence-electron chi connectivity index (χ1n) is 8.60. The molecule has 3 rings (SSSR count). The quantitative estimate of drug-likeness (QED) is 0.575. The van der Waals surface area contributed by atoms with Crippen LogP contribution in [-0.2, 0) is 4.79 Å². The van der Waals surface area contributed by atoms with Gasteiger partial charge in [0.2, 0.25) is 0 Å². The highest BCUT2D eigenvalue weighted by Gasteiger charge is 2.25. The fourth-order valence-electron chi connectivity index (χ4n) is 2.80.